The molecule has 4 nitrogen and oxygen atoms in total. The molecule has 0 aliphatic carbocycles. The van der Waals surface area contributed by atoms with Crippen LogP contribution in [0.15, 0.2) is 71.5 Å². The summed E-state index contributed by atoms with van der Waals surface area (Å²) in [7, 11) is 1.92. The number of amides is 1. The summed E-state index contributed by atoms with van der Waals surface area (Å²) >= 11 is 3.40. The first-order chi connectivity index (χ1) is 11.1. The average molecular weight is 370 g/mol. The standard InChI is InChI=1S/C18H16BrN3O/c1-22-11-10-20-17(22)16(13-6-3-2-4-7-13)21-18(23)14-8-5-9-15(19)12-14/h2-12,16H,1H3,(H,21,23). The van der Waals surface area contributed by atoms with Gasteiger partial charge >= 0.3 is 0 Å². The first-order valence-electron chi connectivity index (χ1n) is 7.24. The molecule has 5 heteroatoms. The highest BCUT2D eigenvalue weighted by Gasteiger charge is 2.21. The molecule has 3 rings (SSSR count). The number of imidazole rings is 1. The molecule has 0 fully saturated rings. The zero-order chi connectivity index (χ0) is 16.2. The molecule has 0 spiro atoms. The molecule has 1 heterocycles. The number of halogens is 1. The first-order valence-corrected chi connectivity index (χ1v) is 8.03. The maximum absolute atomic E-state index is 12.6. The van der Waals surface area contributed by atoms with E-state index in [1.807, 2.05) is 60.3 Å². The van der Waals surface area contributed by atoms with Crippen molar-refractivity contribution in [3.8, 4) is 0 Å². The molecular weight excluding hydrogens is 354 g/mol. The second-order valence-corrected chi connectivity index (χ2v) is 6.14. The second-order valence-electron chi connectivity index (χ2n) is 5.22. The number of benzene rings is 2. The number of nitrogens with zero attached hydrogens (tertiary/aromatic N) is 2. The Morgan fingerprint density at radius 3 is 2.61 bits per heavy atom. The first kappa shape index (κ1) is 15.5. The number of aryl methyl sites for hydroxylation is 1. The zero-order valence-corrected chi connectivity index (χ0v) is 14.2. The van der Waals surface area contributed by atoms with Crippen molar-refractivity contribution in [2.75, 3.05) is 0 Å². The van der Waals surface area contributed by atoms with E-state index in [1.54, 1.807) is 18.3 Å². The van der Waals surface area contributed by atoms with Crippen molar-refractivity contribution < 1.29 is 4.79 Å². The smallest absolute Gasteiger partial charge is 0.252 e. The van der Waals surface area contributed by atoms with Gasteiger partial charge in [-0.2, -0.15) is 0 Å². The SMILES string of the molecule is Cn1ccnc1C(NC(=O)c1cccc(Br)c1)c1ccccc1. The van der Waals surface area contributed by atoms with E-state index < -0.39 is 0 Å². The lowest BCUT2D eigenvalue weighted by Gasteiger charge is -2.19. The van der Waals surface area contributed by atoms with Crippen molar-refractivity contribution in [3.05, 3.63) is 88.4 Å². The number of hydrogen-bond acceptors (Lipinski definition) is 2. The Labute approximate surface area is 143 Å². The number of carbonyl (C=O) groups excluding carboxylic acids is 1. The predicted octanol–water partition coefficient (Wildman–Crippen LogP) is 3.70. The highest BCUT2D eigenvalue weighted by Crippen LogP contribution is 2.21. The van der Waals surface area contributed by atoms with Crippen LogP contribution in [0.2, 0.25) is 0 Å². The van der Waals surface area contributed by atoms with Crippen LogP contribution < -0.4 is 5.32 Å². The molecular formula is C18H16BrN3O. The Bertz CT molecular complexity index is 814. The molecule has 0 bridgehead atoms. The molecule has 116 valence electrons. The Balaban J connectivity index is 1.94. The molecule has 0 saturated heterocycles. The van der Waals surface area contributed by atoms with Gasteiger partial charge in [-0.3, -0.25) is 4.79 Å². The van der Waals surface area contributed by atoms with Gasteiger partial charge in [0.05, 0.1) is 0 Å². The van der Waals surface area contributed by atoms with Crippen LogP contribution in [0.5, 0.6) is 0 Å². The van der Waals surface area contributed by atoms with Crippen molar-refractivity contribution in [1.29, 1.82) is 0 Å². The Morgan fingerprint density at radius 1 is 1.17 bits per heavy atom. The van der Waals surface area contributed by atoms with E-state index in [0.717, 1.165) is 15.9 Å². The summed E-state index contributed by atoms with van der Waals surface area (Å²) in [5, 5.41) is 3.08. The molecule has 1 unspecified atom stereocenters. The Hall–Kier alpha value is -2.40. The van der Waals surface area contributed by atoms with Crippen LogP contribution in [0.1, 0.15) is 27.8 Å². The highest BCUT2D eigenvalue weighted by atomic mass is 79.9. The minimum absolute atomic E-state index is 0.136. The molecule has 1 aromatic heterocycles. The highest BCUT2D eigenvalue weighted by molar-refractivity contribution is 9.10. The molecule has 0 saturated carbocycles. The lowest BCUT2D eigenvalue weighted by Crippen LogP contribution is -2.31. The number of aromatic nitrogens is 2. The van der Waals surface area contributed by atoms with Crippen molar-refractivity contribution in [2.45, 2.75) is 6.04 Å². The van der Waals surface area contributed by atoms with Gasteiger partial charge in [0.1, 0.15) is 11.9 Å². The van der Waals surface area contributed by atoms with Crippen LogP contribution >= 0.6 is 15.9 Å². The van der Waals surface area contributed by atoms with E-state index in [4.69, 9.17) is 0 Å². The van der Waals surface area contributed by atoms with Gasteiger partial charge in [-0.05, 0) is 23.8 Å². The van der Waals surface area contributed by atoms with E-state index in [1.165, 1.54) is 0 Å². The fraction of sp³-hybridized carbons (Fsp3) is 0.111. The average Bonchev–Trinajstić information content (AvgIpc) is 2.99. The van der Waals surface area contributed by atoms with Crippen molar-refractivity contribution in [3.63, 3.8) is 0 Å². The summed E-state index contributed by atoms with van der Waals surface area (Å²) < 4.78 is 2.79. The van der Waals surface area contributed by atoms with Crippen molar-refractivity contribution >= 4 is 21.8 Å². The summed E-state index contributed by atoms with van der Waals surface area (Å²) in [5.41, 5.74) is 1.60. The molecule has 0 aliphatic rings. The molecule has 2 aromatic carbocycles. The van der Waals surface area contributed by atoms with Crippen LogP contribution in [0.3, 0.4) is 0 Å². The molecule has 3 aromatic rings. The molecule has 1 N–H and O–H groups in total. The van der Waals surface area contributed by atoms with Gasteiger partial charge in [-0.25, -0.2) is 4.98 Å². The fourth-order valence-corrected chi connectivity index (χ4v) is 2.84. The van der Waals surface area contributed by atoms with Crippen molar-refractivity contribution in [1.82, 2.24) is 14.9 Å². The Morgan fingerprint density at radius 2 is 1.96 bits per heavy atom. The van der Waals surface area contributed by atoms with Crippen LogP contribution in [0.25, 0.3) is 0 Å². The van der Waals surface area contributed by atoms with E-state index in [9.17, 15) is 4.79 Å². The fourth-order valence-electron chi connectivity index (χ4n) is 2.44. The van der Waals surface area contributed by atoms with Gasteiger partial charge in [-0.15, -0.1) is 0 Å². The molecule has 0 aliphatic heterocycles. The summed E-state index contributed by atoms with van der Waals surface area (Å²) in [6, 6.07) is 16.9. The van der Waals surface area contributed by atoms with Crippen molar-refractivity contribution in [2.24, 2.45) is 7.05 Å². The normalized spacial score (nSPS) is 11.9. The van der Waals surface area contributed by atoms with Gasteiger partial charge < -0.3 is 9.88 Å². The predicted molar refractivity (Wildman–Crippen MR) is 93.1 cm³/mol. The maximum atomic E-state index is 12.6. The molecule has 1 atom stereocenters. The Kier molecular flexibility index (Phi) is 4.57. The van der Waals surface area contributed by atoms with Gasteiger partial charge in [0.15, 0.2) is 0 Å². The maximum Gasteiger partial charge on any atom is 0.252 e. The van der Waals surface area contributed by atoms with Gasteiger partial charge in [-0.1, -0.05) is 52.3 Å². The molecule has 1 amide bonds. The minimum atomic E-state index is -0.303. The number of carbonyl (C=O) groups is 1. The molecule has 23 heavy (non-hydrogen) atoms. The van der Waals surface area contributed by atoms with Gasteiger partial charge in [0.2, 0.25) is 0 Å². The summed E-state index contributed by atoms with van der Waals surface area (Å²) in [6.45, 7) is 0. The summed E-state index contributed by atoms with van der Waals surface area (Å²) in [6.07, 6.45) is 3.60. The number of nitrogens with one attached hydrogen (secondary N) is 1. The van der Waals surface area contributed by atoms with E-state index in [0.29, 0.717) is 5.56 Å². The second kappa shape index (κ2) is 6.79. The van der Waals surface area contributed by atoms with Gasteiger partial charge in [0.25, 0.3) is 5.91 Å². The van der Waals surface area contributed by atoms with Gasteiger partial charge in [0, 0.05) is 29.5 Å². The van der Waals surface area contributed by atoms with E-state index >= 15 is 0 Å². The lowest BCUT2D eigenvalue weighted by molar-refractivity contribution is 0.0941. The third-order valence-corrected chi connectivity index (χ3v) is 4.11. The quantitative estimate of drug-likeness (QED) is 0.761. The van der Waals surface area contributed by atoms with E-state index in [2.05, 4.69) is 26.2 Å². The van der Waals surface area contributed by atoms with Crippen LogP contribution in [0, 0.1) is 0 Å². The lowest BCUT2D eigenvalue weighted by atomic mass is 10.1. The largest absolute Gasteiger partial charge is 0.338 e. The van der Waals surface area contributed by atoms with E-state index in [-0.39, 0.29) is 11.9 Å². The third-order valence-electron chi connectivity index (χ3n) is 3.61. The number of rotatable bonds is 4. The monoisotopic (exact) mass is 369 g/mol. The number of hydrogen-bond donors (Lipinski definition) is 1. The third kappa shape index (κ3) is 3.51. The van der Waals surface area contributed by atoms with Crippen LogP contribution in [-0.4, -0.2) is 15.5 Å². The van der Waals surface area contributed by atoms with Crippen LogP contribution in [0.4, 0.5) is 0 Å². The minimum Gasteiger partial charge on any atom is -0.338 e. The zero-order valence-electron chi connectivity index (χ0n) is 12.6. The summed E-state index contributed by atoms with van der Waals surface area (Å²) in [4.78, 5) is 17.0. The molecule has 0 radical (unpaired) electrons. The topological polar surface area (TPSA) is 46.9 Å². The van der Waals surface area contributed by atoms with Crippen LogP contribution in [-0.2, 0) is 7.05 Å². The summed E-state index contributed by atoms with van der Waals surface area (Å²) in [5.74, 6) is 0.655.